The van der Waals surface area contributed by atoms with Crippen LogP contribution in [0.5, 0.6) is 0 Å². The average molecular weight is 202 g/mol. The summed E-state index contributed by atoms with van der Waals surface area (Å²) in [4.78, 5) is 4.18. The van der Waals surface area contributed by atoms with Crippen molar-refractivity contribution in [2.45, 2.75) is 19.4 Å². The molecule has 3 N–H and O–H groups in total. The molecule has 0 saturated carbocycles. The highest BCUT2D eigenvalue weighted by Crippen LogP contribution is 2.19. The molecule has 0 spiro atoms. The van der Waals surface area contributed by atoms with Crippen molar-refractivity contribution in [3.63, 3.8) is 0 Å². The summed E-state index contributed by atoms with van der Waals surface area (Å²) < 4.78 is 0. The molecule has 0 aliphatic carbocycles. The topological polar surface area (TPSA) is 65.4 Å². The number of nitrogens with zero attached hydrogens (tertiary/aromatic N) is 1. The molecule has 1 rings (SSSR count). The summed E-state index contributed by atoms with van der Waals surface area (Å²) in [5.74, 6) is 0. The summed E-state index contributed by atoms with van der Waals surface area (Å²) in [6, 6.07) is 0. The molecule has 0 aliphatic rings. The van der Waals surface area contributed by atoms with Crippen LogP contribution in [0.2, 0.25) is 0 Å². The minimum Gasteiger partial charge on any atom is -0.394 e. The molecule has 0 bridgehead atoms. The van der Waals surface area contributed by atoms with Crippen molar-refractivity contribution in [2.24, 2.45) is 0 Å². The van der Waals surface area contributed by atoms with E-state index < -0.39 is 5.54 Å². The lowest BCUT2D eigenvalue weighted by molar-refractivity contribution is 0.147. The first kappa shape index (κ1) is 10.4. The summed E-state index contributed by atoms with van der Waals surface area (Å²) in [5.41, 5.74) is 0.246. The first-order valence-electron chi connectivity index (χ1n) is 4.02. The number of thiazole rings is 1. The van der Waals surface area contributed by atoms with Gasteiger partial charge in [0, 0.05) is 5.38 Å². The molecular formula is C8H14N2O2S. The van der Waals surface area contributed by atoms with E-state index in [1.54, 1.807) is 6.92 Å². The van der Waals surface area contributed by atoms with E-state index >= 15 is 0 Å². The molecule has 4 nitrogen and oxygen atoms in total. The maximum atomic E-state index is 9.01. The van der Waals surface area contributed by atoms with Crippen molar-refractivity contribution >= 4 is 16.5 Å². The third-order valence-electron chi connectivity index (χ3n) is 1.73. The van der Waals surface area contributed by atoms with Crippen molar-refractivity contribution < 1.29 is 10.2 Å². The molecule has 0 aliphatic heterocycles. The van der Waals surface area contributed by atoms with E-state index in [1.165, 1.54) is 11.3 Å². The standard InChI is InChI=1S/C8H14N2O2S/c1-6-3-13-7(9-6)10-8(2,4-11)5-12/h3,11-12H,4-5H2,1-2H3,(H,9,10). The van der Waals surface area contributed by atoms with Gasteiger partial charge in [-0.25, -0.2) is 4.98 Å². The normalized spacial score (nSPS) is 11.7. The lowest BCUT2D eigenvalue weighted by Gasteiger charge is -2.25. The molecule has 0 radical (unpaired) electrons. The fourth-order valence-corrected chi connectivity index (χ4v) is 1.64. The lowest BCUT2D eigenvalue weighted by Crippen LogP contribution is -2.42. The Labute approximate surface area is 81.3 Å². The number of nitrogens with one attached hydrogen (secondary N) is 1. The van der Waals surface area contributed by atoms with E-state index in [9.17, 15) is 0 Å². The molecule has 0 unspecified atom stereocenters. The van der Waals surface area contributed by atoms with Gasteiger partial charge in [0.1, 0.15) is 0 Å². The highest BCUT2D eigenvalue weighted by Gasteiger charge is 2.22. The Morgan fingerprint density at radius 2 is 2.15 bits per heavy atom. The van der Waals surface area contributed by atoms with Crippen molar-refractivity contribution in [1.82, 2.24) is 4.98 Å². The van der Waals surface area contributed by atoms with Crippen molar-refractivity contribution in [1.29, 1.82) is 0 Å². The highest BCUT2D eigenvalue weighted by atomic mass is 32.1. The molecule has 5 heteroatoms. The molecule has 0 aromatic carbocycles. The Bertz CT molecular complexity index is 271. The van der Waals surface area contributed by atoms with Gasteiger partial charge < -0.3 is 15.5 Å². The van der Waals surface area contributed by atoms with Crippen LogP contribution in [0.25, 0.3) is 0 Å². The third-order valence-corrected chi connectivity index (χ3v) is 2.60. The molecule has 1 aromatic rings. The second-order valence-corrected chi connectivity index (χ2v) is 4.15. The van der Waals surface area contributed by atoms with Crippen LogP contribution < -0.4 is 5.32 Å². The molecule has 1 aromatic heterocycles. The zero-order valence-corrected chi connectivity index (χ0v) is 8.56. The van der Waals surface area contributed by atoms with Gasteiger partial charge in [-0.05, 0) is 13.8 Å². The van der Waals surface area contributed by atoms with Gasteiger partial charge >= 0.3 is 0 Å². The molecular weight excluding hydrogens is 188 g/mol. The van der Waals surface area contributed by atoms with Crippen LogP contribution in [-0.4, -0.2) is 33.9 Å². The van der Waals surface area contributed by atoms with E-state index in [1.807, 2.05) is 12.3 Å². The van der Waals surface area contributed by atoms with Crippen LogP contribution in [0, 0.1) is 6.92 Å². The van der Waals surface area contributed by atoms with Gasteiger partial charge in [0.2, 0.25) is 0 Å². The Balaban J connectivity index is 2.67. The monoisotopic (exact) mass is 202 g/mol. The van der Waals surface area contributed by atoms with Crippen molar-refractivity contribution in [2.75, 3.05) is 18.5 Å². The number of hydrogen-bond acceptors (Lipinski definition) is 5. The minimum atomic E-state index is -0.690. The first-order valence-corrected chi connectivity index (χ1v) is 4.89. The number of aromatic nitrogens is 1. The van der Waals surface area contributed by atoms with Gasteiger partial charge in [-0.2, -0.15) is 0 Å². The van der Waals surface area contributed by atoms with Crippen LogP contribution >= 0.6 is 11.3 Å². The average Bonchev–Trinajstić information content (AvgIpc) is 2.51. The maximum absolute atomic E-state index is 9.01. The summed E-state index contributed by atoms with van der Waals surface area (Å²) in [5, 5.41) is 23.6. The number of aliphatic hydroxyl groups excluding tert-OH is 2. The lowest BCUT2D eigenvalue weighted by atomic mass is 10.1. The molecule has 1 heterocycles. The summed E-state index contributed by atoms with van der Waals surface area (Å²) >= 11 is 1.46. The SMILES string of the molecule is Cc1csc(NC(C)(CO)CO)n1. The summed E-state index contributed by atoms with van der Waals surface area (Å²) in [6.45, 7) is 3.39. The van der Waals surface area contributed by atoms with E-state index in [-0.39, 0.29) is 13.2 Å². The molecule has 0 atom stereocenters. The first-order chi connectivity index (χ1) is 6.09. The summed E-state index contributed by atoms with van der Waals surface area (Å²) in [7, 11) is 0. The number of rotatable bonds is 4. The molecule has 74 valence electrons. The second kappa shape index (κ2) is 4.04. The minimum absolute atomic E-state index is 0.123. The smallest absolute Gasteiger partial charge is 0.183 e. The Morgan fingerprint density at radius 3 is 2.54 bits per heavy atom. The van der Waals surface area contributed by atoms with Gasteiger partial charge in [-0.3, -0.25) is 0 Å². The fraction of sp³-hybridized carbons (Fsp3) is 0.625. The third kappa shape index (κ3) is 2.65. The number of aliphatic hydroxyl groups is 2. The Morgan fingerprint density at radius 1 is 1.54 bits per heavy atom. The van der Waals surface area contributed by atoms with E-state index in [0.29, 0.717) is 0 Å². The van der Waals surface area contributed by atoms with Crippen LogP contribution in [0.1, 0.15) is 12.6 Å². The Hall–Kier alpha value is -0.650. The van der Waals surface area contributed by atoms with Gasteiger partial charge in [0.25, 0.3) is 0 Å². The molecule has 13 heavy (non-hydrogen) atoms. The van der Waals surface area contributed by atoms with Gasteiger partial charge in [0.05, 0.1) is 24.4 Å². The quantitative estimate of drug-likeness (QED) is 0.669. The van der Waals surface area contributed by atoms with Crippen LogP contribution in [-0.2, 0) is 0 Å². The van der Waals surface area contributed by atoms with Crippen LogP contribution in [0.3, 0.4) is 0 Å². The Kier molecular flexibility index (Phi) is 3.24. The zero-order chi connectivity index (χ0) is 9.90. The zero-order valence-electron chi connectivity index (χ0n) is 7.74. The van der Waals surface area contributed by atoms with E-state index in [4.69, 9.17) is 10.2 Å². The largest absolute Gasteiger partial charge is 0.394 e. The van der Waals surface area contributed by atoms with E-state index in [0.717, 1.165) is 10.8 Å². The second-order valence-electron chi connectivity index (χ2n) is 3.30. The van der Waals surface area contributed by atoms with Gasteiger partial charge in [0.15, 0.2) is 5.13 Å². The van der Waals surface area contributed by atoms with Gasteiger partial charge in [-0.15, -0.1) is 11.3 Å². The predicted molar refractivity (Wildman–Crippen MR) is 53.1 cm³/mol. The van der Waals surface area contributed by atoms with Crippen LogP contribution in [0.15, 0.2) is 5.38 Å². The molecule has 0 saturated heterocycles. The van der Waals surface area contributed by atoms with Gasteiger partial charge in [-0.1, -0.05) is 0 Å². The summed E-state index contributed by atoms with van der Waals surface area (Å²) in [6.07, 6.45) is 0. The number of anilines is 1. The van der Waals surface area contributed by atoms with Crippen molar-refractivity contribution in [3.05, 3.63) is 11.1 Å². The predicted octanol–water partition coefficient (Wildman–Crippen LogP) is 0.607. The highest BCUT2D eigenvalue weighted by molar-refractivity contribution is 7.13. The molecule has 0 fully saturated rings. The fourth-order valence-electron chi connectivity index (χ4n) is 0.799. The van der Waals surface area contributed by atoms with E-state index in [2.05, 4.69) is 10.3 Å². The molecule has 0 amide bonds. The van der Waals surface area contributed by atoms with Crippen LogP contribution in [0.4, 0.5) is 5.13 Å². The number of aryl methyl sites for hydroxylation is 1. The number of hydrogen-bond donors (Lipinski definition) is 3. The van der Waals surface area contributed by atoms with Crippen molar-refractivity contribution in [3.8, 4) is 0 Å². The maximum Gasteiger partial charge on any atom is 0.183 e.